The second kappa shape index (κ2) is 10.7. The average Bonchev–Trinajstić information content (AvgIpc) is 3.00. The Morgan fingerprint density at radius 1 is 1.03 bits per heavy atom. The third-order valence-corrected chi connectivity index (χ3v) is 4.34. The molecular formula is C18H27N3O10. The van der Waals surface area contributed by atoms with Crippen LogP contribution >= 0.6 is 0 Å². The van der Waals surface area contributed by atoms with Gasteiger partial charge in [-0.2, -0.15) is 0 Å². The van der Waals surface area contributed by atoms with Gasteiger partial charge in [0.05, 0.1) is 19.8 Å². The fourth-order valence-electron chi connectivity index (χ4n) is 3.30. The Morgan fingerprint density at radius 3 is 2.13 bits per heavy atom. The lowest BCUT2D eigenvalue weighted by Gasteiger charge is -2.44. The molecule has 2 saturated heterocycles. The Kier molecular flexibility index (Phi) is 8.60. The highest BCUT2D eigenvalue weighted by molar-refractivity contribution is 5.68. The molecule has 2 rings (SSSR count). The summed E-state index contributed by atoms with van der Waals surface area (Å²) in [5.74, 6) is -2.88. The molecule has 0 aromatic carbocycles. The Morgan fingerprint density at radius 2 is 1.61 bits per heavy atom. The molecule has 0 aliphatic carbocycles. The van der Waals surface area contributed by atoms with Crippen LogP contribution in [0.3, 0.4) is 0 Å². The predicted molar refractivity (Wildman–Crippen MR) is 100 cm³/mol. The van der Waals surface area contributed by atoms with Crippen LogP contribution in [0.4, 0.5) is 0 Å². The minimum atomic E-state index is -1.26. The van der Waals surface area contributed by atoms with Crippen molar-refractivity contribution >= 4 is 17.9 Å². The lowest BCUT2D eigenvalue weighted by atomic mass is 9.97. The molecule has 0 N–H and O–H groups in total. The molecule has 31 heavy (non-hydrogen) atoms. The monoisotopic (exact) mass is 445 g/mol. The molecule has 0 aromatic heterocycles. The second-order valence-electron chi connectivity index (χ2n) is 7.46. The van der Waals surface area contributed by atoms with Gasteiger partial charge in [-0.25, -0.2) is 0 Å². The van der Waals surface area contributed by atoms with Gasteiger partial charge in [-0.3, -0.25) is 14.4 Å². The van der Waals surface area contributed by atoms with Gasteiger partial charge >= 0.3 is 17.9 Å². The Hall–Kier alpha value is -2.44. The molecule has 0 saturated carbocycles. The normalized spacial score (nSPS) is 31.9. The summed E-state index contributed by atoms with van der Waals surface area (Å²) in [6.45, 7) is 6.98. The number of nitrogens with zero attached hydrogens (tertiary/aromatic N) is 3. The van der Waals surface area contributed by atoms with E-state index in [9.17, 15) is 14.4 Å². The first-order chi connectivity index (χ1) is 14.5. The van der Waals surface area contributed by atoms with Crippen LogP contribution in [0.25, 0.3) is 10.4 Å². The molecule has 0 amide bonds. The van der Waals surface area contributed by atoms with Gasteiger partial charge in [-0.15, -0.1) is 0 Å². The van der Waals surface area contributed by atoms with E-state index in [1.165, 1.54) is 0 Å². The summed E-state index contributed by atoms with van der Waals surface area (Å²) in [5, 5.41) is 3.46. The zero-order valence-corrected chi connectivity index (χ0v) is 18.0. The van der Waals surface area contributed by atoms with Crippen LogP contribution in [-0.2, 0) is 47.5 Å². The predicted octanol–water partition coefficient (Wildman–Crippen LogP) is 0.985. The Labute approximate surface area is 178 Å². The van der Waals surface area contributed by atoms with Gasteiger partial charge in [0.2, 0.25) is 0 Å². The van der Waals surface area contributed by atoms with Gasteiger partial charge in [0.15, 0.2) is 30.4 Å². The third kappa shape index (κ3) is 7.33. The number of hydrogen-bond acceptors (Lipinski definition) is 11. The fraction of sp³-hybridized carbons (Fsp3) is 0.833. The molecular weight excluding hydrogens is 418 g/mol. The third-order valence-electron chi connectivity index (χ3n) is 4.34. The highest BCUT2D eigenvalue weighted by Crippen LogP contribution is 2.31. The summed E-state index contributed by atoms with van der Waals surface area (Å²) in [6, 6.07) is 0. The van der Waals surface area contributed by atoms with Crippen LogP contribution < -0.4 is 0 Å². The van der Waals surface area contributed by atoms with Gasteiger partial charge in [-0.1, -0.05) is 5.11 Å². The van der Waals surface area contributed by atoms with E-state index in [1.54, 1.807) is 13.8 Å². The molecule has 2 heterocycles. The van der Waals surface area contributed by atoms with Crippen molar-refractivity contribution in [3.63, 3.8) is 0 Å². The summed E-state index contributed by atoms with van der Waals surface area (Å²) in [6.07, 6.45) is -6.42. The molecule has 0 bridgehead atoms. The molecule has 0 aromatic rings. The van der Waals surface area contributed by atoms with Crippen LogP contribution in [0.1, 0.15) is 34.6 Å². The minimum Gasteiger partial charge on any atom is -0.456 e. The first kappa shape index (κ1) is 24.8. The molecule has 13 heteroatoms. The van der Waals surface area contributed by atoms with Crippen molar-refractivity contribution in [2.75, 3.05) is 19.8 Å². The zero-order valence-electron chi connectivity index (χ0n) is 18.0. The highest BCUT2D eigenvalue weighted by Gasteiger charge is 2.52. The summed E-state index contributed by atoms with van der Waals surface area (Å²) in [5.41, 5.74) is 8.69. The number of carbonyl (C=O) groups excluding carboxylic acids is 3. The molecule has 2 aliphatic rings. The fourth-order valence-corrected chi connectivity index (χ4v) is 3.30. The van der Waals surface area contributed by atoms with Crippen LogP contribution in [0.15, 0.2) is 5.11 Å². The number of carbonyl (C=O) groups is 3. The topological polar surface area (TPSA) is 165 Å². The quantitative estimate of drug-likeness (QED) is 0.173. The molecule has 2 fully saturated rings. The number of esters is 3. The van der Waals surface area contributed by atoms with Crippen LogP contribution in [0, 0.1) is 0 Å². The van der Waals surface area contributed by atoms with Crippen molar-refractivity contribution < 1.29 is 47.5 Å². The highest BCUT2D eigenvalue weighted by atomic mass is 16.8. The maximum atomic E-state index is 11.7. The maximum absolute atomic E-state index is 11.7. The van der Waals surface area contributed by atoms with Gasteiger partial charge < -0.3 is 33.2 Å². The van der Waals surface area contributed by atoms with E-state index in [0.717, 1.165) is 20.8 Å². The summed E-state index contributed by atoms with van der Waals surface area (Å²) in [4.78, 5) is 37.8. The first-order valence-electron chi connectivity index (χ1n) is 9.63. The molecule has 6 atom stereocenters. The molecule has 174 valence electrons. The standard InChI is InChI=1S/C18H27N3O10/c1-9(22)27-14-13(6-20-21-19)30-17(25-7-12-8-26-18(4,5)31-12)16(29-11(3)24)15(14)28-10(2)23/h12-17H,6-8H2,1-5H3/t12?,13-,14-,15+,16+,17-/m1/s1. The lowest BCUT2D eigenvalue weighted by molar-refractivity contribution is -0.305. The maximum Gasteiger partial charge on any atom is 0.303 e. The molecule has 2 aliphatic heterocycles. The second-order valence-corrected chi connectivity index (χ2v) is 7.46. The van der Waals surface area contributed by atoms with E-state index in [1.807, 2.05) is 0 Å². The first-order valence-corrected chi connectivity index (χ1v) is 9.63. The van der Waals surface area contributed by atoms with Crippen molar-refractivity contribution in [3.05, 3.63) is 10.4 Å². The van der Waals surface area contributed by atoms with Crippen molar-refractivity contribution in [3.8, 4) is 0 Å². The minimum absolute atomic E-state index is 0.00508. The molecule has 13 nitrogen and oxygen atoms in total. The Bertz CT molecular complexity index is 723. The van der Waals surface area contributed by atoms with Crippen LogP contribution in [0.2, 0.25) is 0 Å². The van der Waals surface area contributed by atoms with E-state index in [4.69, 9.17) is 38.7 Å². The number of rotatable bonds is 8. The van der Waals surface area contributed by atoms with Crippen LogP contribution in [-0.4, -0.2) is 80.3 Å². The molecule has 1 unspecified atom stereocenters. The van der Waals surface area contributed by atoms with E-state index in [0.29, 0.717) is 0 Å². The zero-order chi connectivity index (χ0) is 23.2. The smallest absolute Gasteiger partial charge is 0.303 e. The van der Waals surface area contributed by atoms with Gasteiger partial charge in [0, 0.05) is 25.7 Å². The van der Waals surface area contributed by atoms with Crippen molar-refractivity contribution in [1.82, 2.24) is 0 Å². The van der Waals surface area contributed by atoms with E-state index in [2.05, 4.69) is 10.0 Å². The summed E-state index contributed by atoms with van der Waals surface area (Å²) >= 11 is 0. The average molecular weight is 445 g/mol. The van der Waals surface area contributed by atoms with Gasteiger partial charge in [-0.05, 0) is 19.4 Å². The number of hydrogen-bond donors (Lipinski definition) is 0. The number of ether oxygens (including phenoxy) is 7. The summed E-state index contributed by atoms with van der Waals surface area (Å²) in [7, 11) is 0. The van der Waals surface area contributed by atoms with Gasteiger partial charge in [0.25, 0.3) is 0 Å². The van der Waals surface area contributed by atoms with Crippen LogP contribution in [0.5, 0.6) is 0 Å². The summed E-state index contributed by atoms with van der Waals surface area (Å²) < 4.78 is 38.6. The van der Waals surface area contributed by atoms with E-state index >= 15 is 0 Å². The van der Waals surface area contributed by atoms with Crippen molar-refractivity contribution in [1.29, 1.82) is 0 Å². The van der Waals surface area contributed by atoms with Gasteiger partial charge in [0.1, 0.15) is 12.2 Å². The van der Waals surface area contributed by atoms with Crippen molar-refractivity contribution in [2.45, 2.75) is 77.2 Å². The van der Waals surface area contributed by atoms with E-state index in [-0.39, 0.29) is 19.8 Å². The SMILES string of the molecule is CC(=O)O[C@@H]1[C@H](OC(C)=O)[C@H](OCC2COC(C)(C)O2)O[C@H](CN=[N+]=[N-])[C@H]1OC(C)=O. The van der Waals surface area contributed by atoms with E-state index < -0.39 is 60.5 Å². The Balaban J connectivity index is 2.29. The molecule has 0 spiro atoms. The lowest BCUT2D eigenvalue weighted by Crippen LogP contribution is -2.62. The largest absolute Gasteiger partial charge is 0.456 e. The van der Waals surface area contributed by atoms with Crippen molar-refractivity contribution in [2.24, 2.45) is 5.11 Å². The number of azide groups is 1. The molecule has 0 radical (unpaired) electrons.